The lowest BCUT2D eigenvalue weighted by Crippen LogP contribution is -2.49. The van der Waals surface area contributed by atoms with Gasteiger partial charge in [0, 0.05) is 10.3 Å². The number of hydrogen-bond acceptors (Lipinski definition) is 3. The van der Waals surface area contributed by atoms with E-state index in [2.05, 4.69) is 4.98 Å². The smallest absolute Gasteiger partial charge is 0.294 e. The molecule has 4 aliphatic rings. The van der Waals surface area contributed by atoms with Crippen LogP contribution in [-0.2, 0) is 10.2 Å². The molecule has 3 nitrogen and oxygen atoms in total. The van der Waals surface area contributed by atoms with Gasteiger partial charge in [0.25, 0.3) is 0 Å². The second-order valence-electron chi connectivity index (χ2n) is 7.57. The van der Waals surface area contributed by atoms with Crippen LogP contribution in [0.1, 0.15) is 49.1 Å². The fourth-order valence-corrected chi connectivity index (χ4v) is 6.44. The van der Waals surface area contributed by atoms with Gasteiger partial charge in [0.15, 0.2) is 5.13 Å². The lowest BCUT2D eigenvalue weighted by Gasteiger charge is -2.56. The van der Waals surface area contributed by atoms with Crippen LogP contribution in [0, 0.1) is 24.7 Å². The highest BCUT2D eigenvalue weighted by molar-refractivity contribution is 7.15. The van der Waals surface area contributed by atoms with E-state index >= 15 is 0 Å². The molecule has 4 bridgehead atoms. The number of thiazole rings is 1. The minimum Gasteiger partial charge on any atom is -0.294 e. The summed E-state index contributed by atoms with van der Waals surface area (Å²) in [5.41, 5.74) is 0.982. The maximum absolute atomic E-state index is 12.4. The predicted octanol–water partition coefficient (Wildman–Crippen LogP) is 4.42. The molecule has 1 heterocycles. The van der Waals surface area contributed by atoms with E-state index in [-0.39, 0.29) is 10.5 Å². The van der Waals surface area contributed by atoms with Crippen LogP contribution in [0.3, 0.4) is 0 Å². The number of nitrogens with zero attached hydrogens (tertiary/aromatic N) is 1. The van der Waals surface area contributed by atoms with E-state index in [0.717, 1.165) is 58.9 Å². The van der Waals surface area contributed by atoms with Crippen LogP contribution in [-0.4, -0.2) is 17.1 Å². The zero-order valence-corrected chi connectivity index (χ0v) is 13.7. The van der Waals surface area contributed by atoms with Gasteiger partial charge in [-0.25, -0.2) is 4.98 Å². The van der Waals surface area contributed by atoms with E-state index in [1.54, 1.807) is 0 Å². The van der Waals surface area contributed by atoms with Gasteiger partial charge in [-0.1, -0.05) is 0 Å². The molecule has 4 aliphatic carbocycles. The van der Waals surface area contributed by atoms with Crippen LogP contribution in [0.4, 0.5) is 18.3 Å². The van der Waals surface area contributed by atoms with Gasteiger partial charge >= 0.3 is 12.1 Å². The number of anilines is 1. The summed E-state index contributed by atoms with van der Waals surface area (Å²) < 4.78 is 37.3. The summed E-state index contributed by atoms with van der Waals surface area (Å²) in [5.74, 6) is 0.296. The molecule has 0 unspecified atom stereocenters. The molecular weight excluding hydrogens is 325 g/mol. The van der Waals surface area contributed by atoms with E-state index < -0.39 is 12.1 Å². The highest BCUT2D eigenvalue weighted by Gasteiger charge is 2.53. The molecule has 7 heteroatoms. The Morgan fingerprint density at radius 2 is 1.70 bits per heavy atom. The van der Waals surface area contributed by atoms with Crippen molar-refractivity contribution in [3.8, 4) is 0 Å². The molecule has 4 fully saturated rings. The Morgan fingerprint density at radius 1 is 1.17 bits per heavy atom. The van der Waals surface area contributed by atoms with E-state index in [1.807, 2.05) is 12.2 Å². The van der Waals surface area contributed by atoms with Gasteiger partial charge in [-0.05, 0) is 63.2 Å². The average Bonchev–Trinajstić information content (AvgIpc) is 2.77. The zero-order valence-electron chi connectivity index (χ0n) is 12.9. The average molecular weight is 344 g/mol. The normalized spacial score (nSPS) is 35.6. The summed E-state index contributed by atoms with van der Waals surface area (Å²) in [6, 6.07) is 0. The number of aromatic nitrogens is 1. The van der Waals surface area contributed by atoms with Crippen molar-refractivity contribution in [1.82, 2.24) is 4.98 Å². The molecule has 0 aliphatic heterocycles. The summed E-state index contributed by atoms with van der Waals surface area (Å²) in [5, 5.41) is 2.00. The predicted molar refractivity (Wildman–Crippen MR) is 81.4 cm³/mol. The molecule has 1 aromatic heterocycles. The van der Waals surface area contributed by atoms with Crippen molar-refractivity contribution < 1.29 is 18.0 Å². The van der Waals surface area contributed by atoms with Gasteiger partial charge in [-0.15, -0.1) is 11.3 Å². The van der Waals surface area contributed by atoms with Crippen LogP contribution in [0.5, 0.6) is 0 Å². The van der Waals surface area contributed by atoms with E-state index in [4.69, 9.17) is 0 Å². The van der Waals surface area contributed by atoms with Crippen molar-refractivity contribution in [3.05, 3.63) is 10.6 Å². The van der Waals surface area contributed by atoms with Crippen molar-refractivity contribution in [2.75, 3.05) is 5.32 Å². The molecule has 0 radical (unpaired) electrons. The first-order valence-corrected chi connectivity index (χ1v) is 8.93. The maximum Gasteiger partial charge on any atom is 0.471 e. The Labute approximate surface area is 136 Å². The lowest BCUT2D eigenvalue weighted by molar-refractivity contribution is -0.167. The molecule has 0 aromatic carbocycles. The number of alkyl halides is 3. The third kappa shape index (κ3) is 2.57. The van der Waals surface area contributed by atoms with E-state index in [1.165, 1.54) is 19.3 Å². The van der Waals surface area contributed by atoms with Crippen LogP contribution < -0.4 is 5.32 Å². The van der Waals surface area contributed by atoms with Crippen LogP contribution >= 0.6 is 11.3 Å². The quantitative estimate of drug-likeness (QED) is 0.863. The molecule has 0 atom stereocenters. The van der Waals surface area contributed by atoms with Crippen molar-refractivity contribution in [3.63, 3.8) is 0 Å². The van der Waals surface area contributed by atoms with Crippen molar-refractivity contribution in [2.45, 2.75) is 57.0 Å². The standard InChI is InChI=1S/C16H19F3N2OS/c1-8-12(20-14(23-8)21-13(22)16(17,18)19)15-5-9-2-10(6-15)4-11(3-9)7-15/h9-11H,2-7H2,1H3,(H,20,21,22). The van der Waals surface area contributed by atoms with Gasteiger partial charge in [-0.2, -0.15) is 13.2 Å². The molecule has 5 rings (SSSR count). The molecule has 4 saturated carbocycles. The fraction of sp³-hybridized carbons (Fsp3) is 0.750. The second kappa shape index (κ2) is 4.94. The summed E-state index contributed by atoms with van der Waals surface area (Å²) in [7, 11) is 0. The number of carbonyl (C=O) groups is 1. The number of carbonyl (C=O) groups excluding carboxylic acids is 1. The van der Waals surface area contributed by atoms with Gasteiger partial charge in [-0.3, -0.25) is 10.1 Å². The Balaban J connectivity index is 1.62. The van der Waals surface area contributed by atoms with Crippen molar-refractivity contribution in [1.29, 1.82) is 0 Å². The van der Waals surface area contributed by atoms with Crippen molar-refractivity contribution >= 4 is 22.4 Å². The van der Waals surface area contributed by atoms with Crippen LogP contribution in [0.15, 0.2) is 0 Å². The van der Waals surface area contributed by atoms with Gasteiger partial charge in [0.2, 0.25) is 0 Å². The molecular formula is C16H19F3N2OS. The fourth-order valence-electron chi connectivity index (χ4n) is 5.51. The minimum atomic E-state index is -4.87. The number of halogens is 3. The van der Waals surface area contributed by atoms with E-state index in [0.29, 0.717) is 0 Å². The number of nitrogens with one attached hydrogen (secondary N) is 1. The number of hydrogen-bond donors (Lipinski definition) is 1. The third-order valence-corrected chi connectivity index (χ3v) is 6.70. The highest BCUT2D eigenvalue weighted by Crippen LogP contribution is 2.61. The van der Waals surface area contributed by atoms with Crippen molar-refractivity contribution in [2.24, 2.45) is 17.8 Å². The first-order valence-electron chi connectivity index (χ1n) is 8.11. The highest BCUT2D eigenvalue weighted by atomic mass is 32.1. The van der Waals surface area contributed by atoms with Crippen LogP contribution in [0.2, 0.25) is 0 Å². The van der Waals surface area contributed by atoms with Crippen LogP contribution in [0.25, 0.3) is 0 Å². The second-order valence-corrected chi connectivity index (χ2v) is 8.78. The van der Waals surface area contributed by atoms with E-state index in [9.17, 15) is 18.0 Å². The summed E-state index contributed by atoms with van der Waals surface area (Å²) in [6.45, 7) is 1.91. The SMILES string of the molecule is Cc1sc(NC(=O)C(F)(F)F)nc1C12CC3CC(CC(C3)C1)C2. The number of amides is 1. The zero-order chi connectivity index (χ0) is 16.4. The Kier molecular flexibility index (Phi) is 3.31. The molecule has 1 amide bonds. The number of rotatable bonds is 2. The van der Waals surface area contributed by atoms with Gasteiger partial charge < -0.3 is 0 Å². The van der Waals surface area contributed by atoms with Gasteiger partial charge in [0.05, 0.1) is 5.69 Å². The third-order valence-electron chi connectivity index (χ3n) is 5.82. The Bertz CT molecular complexity index is 617. The molecule has 126 valence electrons. The molecule has 23 heavy (non-hydrogen) atoms. The number of aryl methyl sites for hydroxylation is 1. The first kappa shape index (κ1) is 15.4. The largest absolute Gasteiger partial charge is 0.471 e. The maximum atomic E-state index is 12.4. The van der Waals surface area contributed by atoms with Gasteiger partial charge in [0.1, 0.15) is 0 Å². The molecule has 1 aromatic rings. The Hall–Kier alpha value is -1.11. The monoisotopic (exact) mass is 344 g/mol. The lowest BCUT2D eigenvalue weighted by atomic mass is 9.48. The summed E-state index contributed by atoms with van der Waals surface area (Å²) >= 11 is 1.16. The molecule has 0 spiro atoms. The minimum absolute atomic E-state index is 0.0382. The molecule has 0 saturated heterocycles. The topological polar surface area (TPSA) is 42.0 Å². The molecule has 1 N–H and O–H groups in total. The Morgan fingerprint density at radius 3 is 2.17 bits per heavy atom. The summed E-state index contributed by atoms with van der Waals surface area (Å²) in [4.78, 5) is 16.5. The summed E-state index contributed by atoms with van der Waals surface area (Å²) in [6.07, 6.45) is 2.36. The first-order chi connectivity index (χ1) is 10.7.